The molecular formula is C27H24ClN3O. The van der Waals surface area contributed by atoms with E-state index >= 15 is 0 Å². The Morgan fingerprint density at radius 3 is 2.56 bits per heavy atom. The molecule has 1 atom stereocenters. The van der Waals surface area contributed by atoms with Crippen LogP contribution in [0.4, 0.5) is 0 Å². The van der Waals surface area contributed by atoms with Crippen LogP contribution in [0.2, 0.25) is 5.02 Å². The van der Waals surface area contributed by atoms with Gasteiger partial charge >= 0.3 is 0 Å². The van der Waals surface area contributed by atoms with E-state index in [4.69, 9.17) is 11.6 Å². The quantitative estimate of drug-likeness (QED) is 0.461. The molecule has 0 bridgehead atoms. The summed E-state index contributed by atoms with van der Waals surface area (Å²) in [6, 6.07) is 20.2. The van der Waals surface area contributed by atoms with Crippen molar-refractivity contribution in [3.63, 3.8) is 0 Å². The number of nitrogens with zero attached hydrogens (tertiary/aromatic N) is 3. The van der Waals surface area contributed by atoms with E-state index in [0.717, 1.165) is 60.0 Å². The molecule has 1 saturated heterocycles. The van der Waals surface area contributed by atoms with Crippen molar-refractivity contribution in [3.8, 4) is 23.0 Å². The van der Waals surface area contributed by atoms with Crippen LogP contribution < -0.4 is 0 Å². The van der Waals surface area contributed by atoms with Gasteiger partial charge in [-0.2, -0.15) is 0 Å². The highest BCUT2D eigenvalue weighted by Crippen LogP contribution is 2.21. The highest BCUT2D eigenvalue weighted by molar-refractivity contribution is 6.30. The molecule has 1 aliphatic heterocycles. The summed E-state index contributed by atoms with van der Waals surface area (Å²) in [5.41, 5.74) is 5.05. The van der Waals surface area contributed by atoms with Crippen LogP contribution in [-0.2, 0) is 6.54 Å². The molecule has 0 aliphatic carbocycles. The maximum atomic E-state index is 9.70. The number of aromatic nitrogens is 2. The van der Waals surface area contributed by atoms with E-state index < -0.39 is 0 Å². The van der Waals surface area contributed by atoms with Crippen LogP contribution in [0.1, 0.15) is 17.7 Å². The predicted octanol–water partition coefficient (Wildman–Crippen LogP) is 4.82. The molecule has 3 heterocycles. The smallest absolute Gasteiger partial charge is 0.113 e. The fraction of sp³-hybridized carbons (Fsp3) is 0.222. The minimum Gasteiger partial charge on any atom is -0.392 e. The first-order chi connectivity index (χ1) is 15.6. The van der Waals surface area contributed by atoms with Crippen molar-refractivity contribution < 1.29 is 5.11 Å². The van der Waals surface area contributed by atoms with Crippen LogP contribution in [0, 0.1) is 11.8 Å². The summed E-state index contributed by atoms with van der Waals surface area (Å²) >= 11 is 5.96. The maximum absolute atomic E-state index is 9.70. The maximum Gasteiger partial charge on any atom is 0.113 e. The molecule has 2 aromatic carbocycles. The van der Waals surface area contributed by atoms with Crippen LogP contribution >= 0.6 is 11.6 Å². The number of hydrogen-bond donors (Lipinski definition) is 1. The van der Waals surface area contributed by atoms with Gasteiger partial charge in [0, 0.05) is 65.6 Å². The van der Waals surface area contributed by atoms with Crippen molar-refractivity contribution in [2.45, 2.75) is 19.1 Å². The summed E-state index contributed by atoms with van der Waals surface area (Å²) in [5, 5.41) is 11.6. The number of rotatable bonds is 4. The minimum absolute atomic E-state index is 0.166. The zero-order valence-electron chi connectivity index (χ0n) is 17.7. The predicted molar refractivity (Wildman–Crippen MR) is 130 cm³/mol. The third kappa shape index (κ3) is 4.71. The molecule has 5 rings (SSSR count). The van der Waals surface area contributed by atoms with Crippen LogP contribution in [-0.4, -0.2) is 45.3 Å². The molecule has 1 N–H and O–H groups in total. The molecule has 160 valence electrons. The zero-order valence-corrected chi connectivity index (χ0v) is 18.5. The van der Waals surface area contributed by atoms with Gasteiger partial charge in [0.15, 0.2) is 0 Å². The molecule has 0 saturated carbocycles. The van der Waals surface area contributed by atoms with E-state index in [9.17, 15) is 5.11 Å². The Kier molecular flexibility index (Phi) is 5.96. The number of likely N-dealkylation sites (tertiary alicyclic amines) is 1. The Morgan fingerprint density at radius 2 is 1.81 bits per heavy atom. The van der Waals surface area contributed by atoms with E-state index in [2.05, 4.69) is 56.8 Å². The average Bonchev–Trinajstić information content (AvgIpc) is 3.42. The SMILES string of the molecule is O[C@@H]1CCN(CCn2ccc3cc(C#Cc4ccc(-c5ccc(Cl)cc5)cn4)ccc32)C1. The Labute approximate surface area is 193 Å². The van der Waals surface area contributed by atoms with Crippen LogP contribution in [0.5, 0.6) is 0 Å². The first-order valence-corrected chi connectivity index (χ1v) is 11.3. The lowest BCUT2D eigenvalue weighted by Crippen LogP contribution is -2.26. The molecule has 0 unspecified atom stereocenters. The average molecular weight is 442 g/mol. The lowest BCUT2D eigenvalue weighted by molar-refractivity contribution is 0.175. The van der Waals surface area contributed by atoms with Gasteiger partial charge in [-0.05, 0) is 60.4 Å². The molecule has 4 aromatic rings. The van der Waals surface area contributed by atoms with Gasteiger partial charge in [0.05, 0.1) is 6.10 Å². The van der Waals surface area contributed by atoms with Crippen LogP contribution in [0.25, 0.3) is 22.0 Å². The highest BCUT2D eigenvalue weighted by Gasteiger charge is 2.19. The summed E-state index contributed by atoms with van der Waals surface area (Å²) in [6.45, 7) is 3.65. The molecule has 1 fully saturated rings. The molecule has 2 aromatic heterocycles. The summed E-state index contributed by atoms with van der Waals surface area (Å²) in [5.74, 6) is 6.40. The first-order valence-electron chi connectivity index (χ1n) is 10.9. The second kappa shape index (κ2) is 9.18. The zero-order chi connectivity index (χ0) is 21.9. The van der Waals surface area contributed by atoms with Gasteiger partial charge < -0.3 is 9.67 Å². The number of hydrogen-bond acceptors (Lipinski definition) is 3. The van der Waals surface area contributed by atoms with Crippen molar-refractivity contribution in [1.82, 2.24) is 14.5 Å². The number of aliphatic hydroxyl groups is 1. The van der Waals surface area contributed by atoms with E-state index in [1.165, 1.54) is 10.9 Å². The molecule has 32 heavy (non-hydrogen) atoms. The fourth-order valence-corrected chi connectivity index (χ4v) is 4.28. The Bertz CT molecular complexity index is 1280. The van der Waals surface area contributed by atoms with Gasteiger partial charge in [-0.3, -0.25) is 4.90 Å². The standard InChI is InChI=1S/C27H24ClN3O/c28-24-6-3-21(4-7-24)23-5-9-25(29-18-23)8-1-20-2-10-27-22(17-20)11-14-31(27)16-15-30-13-12-26(32)19-30/h2-7,9-11,14,17-18,26,32H,12-13,15-16,19H2/t26-/m1/s1. The second-order valence-electron chi connectivity index (χ2n) is 8.21. The van der Waals surface area contributed by atoms with Gasteiger partial charge in [0.2, 0.25) is 0 Å². The van der Waals surface area contributed by atoms with Crippen molar-refractivity contribution >= 4 is 22.5 Å². The minimum atomic E-state index is -0.166. The number of β-amino-alcohol motifs (C(OH)–C–C–N with tert-alkyl or cyclic N) is 1. The van der Waals surface area contributed by atoms with Crippen molar-refractivity contribution in [3.05, 3.63) is 89.3 Å². The number of aliphatic hydroxyl groups excluding tert-OH is 1. The largest absolute Gasteiger partial charge is 0.392 e. The molecule has 0 radical (unpaired) electrons. The third-order valence-corrected chi connectivity index (χ3v) is 6.20. The highest BCUT2D eigenvalue weighted by atomic mass is 35.5. The monoisotopic (exact) mass is 441 g/mol. The van der Waals surface area contributed by atoms with Gasteiger partial charge in [-0.25, -0.2) is 4.98 Å². The fourth-order valence-electron chi connectivity index (χ4n) is 4.15. The Hall–Kier alpha value is -3.10. The molecule has 1 aliphatic rings. The molecule has 5 heteroatoms. The lowest BCUT2D eigenvalue weighted by atomic mass is 10.1. The molecule has 0 amide bonds. The number of fused-ring (bicyclic) bond motifs is 1. The van der Waals surface area contributed by atoms with Gasteiger partial charge in [-0.15, -0.1) is 0 Å². The normalized spacial score (nSPS) is 16.2. The summed E-state index contributed by atoms with van der Waals surface area (Å²) < 4.78 is 2.27. The van der Waals surface area contributed by atoms with Crippen molar-refractivity contribution in [2.75, 3.05) is 19.6 Å². The van der Waals surface area contributed by atoms with Crippen molar-refractivity contribution in [1.29, 1.82) is 0 Å². The van der Waals surface area contributed by atoms with E-state index in [-0.39, 0.29) is 6.10 Å². The second-order valence-corrected chi connectivity index (χ2v) is 8.65. The Morgan fingerprint density at radius 1 is 0.969 bits per heavy atom. The van der Waals surface area contributed by atoms with Crippen LogP contribution in [0.3, 0.4) is 0 Å². The lowest BCUT2D eigenvalue weighted by Gasteiger charge is -2.15. The Balaban J connectivity index is 1.27. The van der Waals surface area contributed by atoms with E-state index in [0.29, 0.717) is 0 Å². The van der Waals surface area contributed by atoms with Gasteiger partial charge in [0.25, 0.3) is 0 Å². The number of halogens is 1. The molecule has 0 spiro atoms. The summed E-state index contributed by atoms with van der Waals surface area (Å²) in [6.07, 6.45) is 4.69. The summed E-state index contributed by atoms with van der Waals surface area (Å²) in [4.78, 5) is 6.81. The number of pyridine rings is 1. The third-order valence-electron chi connectivity index (χ3n) is 5.95. The van der Waals surface area contributed by atoms with Gasteiger partial charge in [-0.1, -0.05) is 35.7 Å². The first kappa shape index (κ1) is 20.8. The number of benzene rings is 2. The summed E-state index contributed by atoms with van der Waals surface area (Å²) in [7, 11) is 0. The van der Waals surface area contributed by atoms with Gasteiger partial charge in [0.1, 0.15) is 5.69 Å². The van der Waals surface area contributed by atoms with E-state index in [1.54, 1.807) is 0 Å². The van der Waals surface area contributed by atoms with Crippen LogP contribution in [0.15, 0.2) is 73.1 Å². The van der Waals surface area contributed by atoms with E-state index in [1.807, 2.05) is 42.6 Å². The topological polar surface area (TPSA) is 41.3 Å². The molecular weight excluding hydrogens is 418 g/mol. The van der Waals surface area contributed by atoms with Crippen molar-refractivity contribution in [2.24, 2.45) is 0 Å². The molecule has 4 nitrogen and oxygen atoms in total.